The van der Waals surface area contributed by atoms with Gasteiger partial charge in [-0.1, -0.05) is 126 Å². The van der Waals surface area contributed by atoms with E-state index in [4.69, 9.17) is 33.2 Å². The molecule has 1 aliphatic heterocycles. The molecule has 15 heteroatoms. The maximum absolute atomic E-state index is 12.4. The lowest BCUT2D eigenvalue weighted by Gasteiger charge is -2.46. The van der Waals surface area contributed by atoms with Crippen molar-refractivity contribution in [3.05, 3.63) is 144 Å². The van der Waals surface area contributed by atoms with Crippen LogP contribution >= 0.6 is 0 Å². The highest BCUT2D eigenvalue weighted by atomic mass is 16.6. The Kier molecular flexibility index (Phi) is 15.5. The van der Waals surface area contributed by atoms with Gasteiger partial charge in [0.2, 0.25) is 0 Å². The van der Waals surface area contributed by atoms with E-state index in [1.54, 1.807) is 20.8 Å². The Labute approximate surface area is 343 Å². The number of tetrazole rings is 1. The lowest BCUT2D eigenvalue weighted by atomic mass is 9.93. The lowest BCUT2D eigenvalue weighted by Crippen LogP contribution is -2.62. The topological polar surface area (TPSA) is 175 Å². The largest absolute Gasteiger partial charge is 0.480 e. The van der Waals surface area contributed by atoms with Crippen LogP contribution < -0.4 is 10.1 Å². The highest BCUT2D eigenvalue weighted by molar-refractivity contribution is 5.80. The SMILES string of the molecule is CC(C)(C)OC(=O)N[C@@H](COc1nnnn1C[C@@H]1O[C@H](COCc2ccccc2)[C@H](OCc2ccccc2)[C@H](OCc2ccccc2)[C@H]1OCc1ccccc1)C(=O)O. The van der Waals surface area contributed by atoms with Crippen LogP contribution in [0.15, 0.2) is 121 Å². The number of amides is 1. The minimum Gasteiger partial charge on any atom is -0.480 e. The fourth-order valence-electron chi connectivity index (χ4n) is 6.40. The number of alkyl carbamates (subject to hydrolysis) is 1. The number of aliphatic carboxylic acids is 1. The number of nitrogens with zero attached hydrogens (tertiary/aromatic N) is 4. The summed E-state index contributed by atoms with van der Waals surface area (Å²) >= 11 is 0. The standard InChI is InChI=1S/C44H51N5O10/c1-44(2,3)59-43(52)45-35(41(50)51)29-57-42-46-47-48-49(42)24-36-38(54-26-32-18-10-5-11-19-32)40(56-28-34-22-14-7-15-23-34)39(55-27-33-20-12-6-13-21-33)37(58-36)30-53-25-31-16-8-4-9-17-31/h4-23,35-40H,24-30H2,1-3H3,(H,45,52)(H,50,51)/t35-,36-,37+,38-,39-,40+/m0/s1. The number of carbonyl (C=O) groups excluding carboxylic acids is 1. The second-order valence-electron chi connectivity index (χ2n) is 15.0. The summed E-state index contributed by atoms with van der Waals surface area (Å²) < 4.78 is 45.9. The number of ether oxygens (including phenoxy) is 7. The molecule has 2 N–H and O–H groups in total. The molecular formula is C44H51N5O10. The summed E-state index contributed by atoms with van der Waals surface area (Å²) in [6.45, 7) is 5.78. The van der Waals surface area contributed by atoms with Crippen LogP contribution in [-0.4, -0.2) is 92.8 Å². The molecule has 0 unspecified atom stereocenters. The molecular weight excluding hydrogens is 759 g/mol. The van der Waals surface area contributed by atoms with Gasteiger partial charge in [-0.3, -0.25) is 0 Å². The van der Waals surface area contributed by atoms with Crippen LogP contribution in [0.1, 0.15) is 43.0 Å². The third kappa shape index (κ3) is 13.4. The van der Waals surface area contributed by atoms with Gasteiger partial charge in [-0.15, -0.1) is 0 Å². The van der Waals surface area contributed by atoms with Gasteiger partial charge in [0.1, 0.15) is 42.7 Å². The van der Waals surface area contributed by atoms with Crippen molar-refractivity contribution in [2.45, 2.75) is 95.9 Å². The average molecular weight is 810 g/mol. The minimum absolute atomic E-state index is 0.00477. The van der Waals surface area contributed by atoms with Gasteiger partial charge in [-0.2, -0.15) is 4.68 Å². The summed E-state index contributed by atoms with van der Waals surface area (Å²) in [6, 6.07) is 37.7. The molecule has 0 aliphatic carbocycles. The van der Waals surface area contributed by atoms with Crippen LogP contribution in [0.4, 0.5) is 4.79 Å². The smallest absolute Gasteiger partial charge is 0.408 e. The lowest BCUT2D eigenvalue weighted by molar-refractivity contribution is -0.275. The van der Waals surface area contributed by atoms with E-state index in [9.17, 15) is 14.7 Å². The van der Waals surface area contributed by atoms with Gasteiger partial charge in [0.25, 0.3) is 0 Å². The second-order valence-corrected chi connectivity index (χ2v) is 15.0. The molecule has 2 heterocycles. The first-order chi connectivity index (χ1) is 28.6. The average Bonchev–Trinajstić information content (AvgIpc) is 3.68. The Hall–Kier alpha value is -5.71. The fourth-order valence-corrected chi connectivity index (χ4v) is 6.40. The van der Waals surface area contributed by atoms with E-state index in [1.165, 1.54) is 4.68 Å². The summed E-state index contributed by atoms with van der Waals surface area (Å²) in [4.78, 5) is 24.5. The molecule has 15 nitrogen and oxygen atoms in total. The highest BCUT2D eigenvalue weighted by Gasteiger charge is 2.49. The number of benzene rings is 4. The van der Waals surface area contributed by atoms with Gasteiger partial charge in [0.05, 0.1) is 39.6 Å². The van der Waals surface area contributed by atoms with Crippen molar-refractivity contribution < 1.29 is 47.9 Å². The van der Waals surface area contributed by atoms with Crippen molar-refractivity contribution >= 4 is 12.1 Å². The second kappa shape index (κ2) is 21.3. The number of rotatable bonds is 20. The third-order valence-corrected chi connectivity index (χ3v) is 9.20. The summed E-state index contributed by atoms with van der Waals surface area (Å²) in [5, 5.41) is 24.2. The summed E-state index contributed by atoms with van der Waals surface area (Å²) in [5.41, 5.74) is 3.03. The van der Waals surface area contributed by atoms with Gasteiger partial charge in [-0.05, 0) is 53.5 Å². The predicted molar refractivity (Wildman–Crippen MR) is 214 cm³/mol. The van der Waals surface area contributed by atoms with Gasteiger partial charge in [-0.25, -0.2) is 9.59 Å². The molecule has 1 fully saturated rings. The molecule has 1 aromatic heterocycles. The Morgan fingerprint density at radius 3 is 1.68 bits per heavy atom. The number of carbonyl (C=O) groups is 2. The monoisotopic (exact) mass is 809 g/mol. The zero-order chi connectivity index (χ0) is 41.5. The first-order valence-corrected chi connectivity index (χ1v) is 19.5. The first kappa shape index (κ1) is 42.9. The number of hydrogen-bond acceptors (Lipinski definition) is 12. The van der Waals surface area contributed by atoms with E-state index in [0.29, 0.717) is 6.61 Å². The van der Waals surface area contributed by atoms with Crippen molar-refractivity contribution in [3.8, 4) is 6.01 Å². The Morgan fingerprint density at radius 2 is 1.19 bits per heavy atom. The number of carboxylic acids is 1. The zero-order valence-electron chi connectivity index (χ0n) is 33.4. The maximum Gasteiger partial charge on any atom is 0.408 e. The van der Waals surface area contributed by atoms with Crippen LogP contribution in [0, 0.1) is 0 Å². The fraction of sp³-hybridized carbons (Fsp3) is 0.386. The zero-order valence-corrected chi connectivity index (χ0v) is 33.4. The summed E-state index contributed by atoms with van der Waals surface area (Å²) in [5.74, 6) is -1.34. The van der Waals surface area contributed by atoms with Crippen molar-refractivity contribution in [2.75, 3.05) is 13.2 Å². The predicted octanol–water partition coefficient (Wildman–Crippen LogP) is 5.77. The molecule has 5 aromatic rings. The molecule has 312 valence electrons. The molecule has 6 rings (SSSR count). The molecule has 0 bridgehead atoms. The molecule has 4 aromatic carbocycles. The maximum atomic E-state index is 12.4. The van der Waals surface area contributed by atoms with Gasteiger partial charge >= 0.3 is 18.1 Å². The van der Waals surface area contributed by atoms with E-state index in [2.05, 4.69) is 20.8 Å². The molecule has 59 heavy (non-hydrogen) atoms. The van der Waals surface area contributed by atoms with Gasteiger partial charge < -0.3 is 43.6 Å². The van der Waals surface area contributed by atoms with Crippen LogP contribution in [0.25, 0.3) is 0 Å². The minimum atomic E-state index is -1.47. The highest BCUT2D eigenvalue weighted by Crippen LogP contribution is 2.32. The number of hydrogen-bond donors (Lipinski definition) is 2. The number of aromatic nitrogens is 4. The molecule has 0 radical (unpaired) electrons. The van der Waals surface area contributed by atoms with Gasteiger partial charge in [0.15, 0.2) is 6.04 Å². The molecule has 1 aliphatic rings. The normalized spacial score (nSPS) is 19.7. The Balaban J connectivity index is 1.29. The van der Waals surface area contributed by atoms with Crippen LogP contribution in [0.5, 0.6) is 6.01 Å². The quantitative estimate of drug-likeness (QED) is 0.0971. The number of nitrogens with one attached hydrogen (secondary N) is 1. The van der Waals surface area contributed by atoms with Crippen molar-refractivity contribution in [2.24, 2.45) is 0 Å². The van der Waals surface area contributed by atoms with E-state index in [-0.39, 0.29) is 39.0 Å². The first-order valence-electron chi connectivity index (χ1n) is 19.5. The molecule has 1 amide bonds. The van der Waals surface area contributed by atoms with Crippen molar-refractivity contribution in [3.63, 3.8) is 0 Å². The van der Waals surface area contributed by atoms with Crippen LogP contribution in [-0.2, 0) is 66.2 Å². The van der Waals surface area contributed by atoms with Gasteiger partial charge in [0, 0.05) is 0 Å². The number of carboxylic acid groups (broad SMARTS) is 1. The van der Waals surface area contributed by atoms with Crippen LogP contribution in [0.3, 0.4) is 0 Å². The molecule has 0 spiro atoms. The molecule has 1 saturated heterocycles. The third-order valence-electron chi connectivity index (χ3n) is 9.20. The summed E-state index contributed by atoms with van der Waals surface area (Å²) in [6.07, 6.45) is -4.42. The van der Waals surface area contributed by atoms with Crippen molar-refractivity contribution in [1.29, 1.82) is 0 Å². The Bertz CT molecular complexity index is 2000. The van der Waals surface area contributed by atoms with E-state index < -0.39 is 60.8 Å². The molecule has 0 saturated carbocycles. The molecule has 6 atom stereocenters. The summed E-state index contributed by atoms with van der Waals surface area (Å²) in [7, 11) is 0. The van der Waals surface area contributed by atoms with E-state index in [0.717, 1.165) is 22.3 Å². The van der Waals surface area contributed by atoms with E-state index >= 15 is 0 Å². The van der Waals surface area contributed by atoms with Crippen LogP contribution in [0.2, 0.25) is 0 Å². The van der Waals surface area contributed by atoms with Crippen molar-refractivity contribution in [1.82, 2.24) is 25.5 Å². The Morgan fingerprint density at radius 1 is 0.712 bits per heavy atom. The van der Waals surface area contributed by atoms with E-state index in [1.807, 2.05) is 121 Å².